The number of halogens is 1. The molecule has 0 saturated heterocycles. The van der Waals surface area contributed by atoms with E-state index in [1.54, 1.807) is 25.3 Å². The van der Waals surface area contributed by atoms with Gasteiger partial charge in [0, 0.05) is 24.2 Å². The van der Waals surface area contributed by atoms with Crippen molar-refractivity contribution in [2.45, 2.75) is 32.7 Å². The van der Waals surface area contributed by atoms with Crippen LogP contribution < -0.4 is 5.73 Å². The van der Waals surface area contributed by atoms with E-state index in [-0.39, 0.29) is 11.9 Å². The molecule has 0 spiro atoms. The van der Waals surface area contributed by atoms with E-state index in [0.717, 1.165) is 29.9 Å². The Bertz CT molecular complexity index is 567. The molecular formula is C15H18FN3. The molecule has 0 aliphatic heterocycles. The van der Waals surface area contributed by atoms with Crippen LogP contribution in [0.1, 0.15) is 24.7 Å². The molecule has 3 nitrogen and oxygen atoms in total. The lowest BCUT2D eigenvalue weighted by atomic mass is 10.1. The van der Waals surface area contributed by atoms with Crippen LogP contribution in [0.25, 0.3) is 11.3 Å². The second-order valence-electron chi connectivity index (χ2n) is 4.84. The molecule has 0 saturated carbocycles. The highest BCUT2D eigenvalue weighted by Gasteiger charge is 2.05. The lowest BCUT2D eigenvalue weighted by Crippen LogP contribution is -2.16. The van der Waals surface area contributed by atoms with Crippen LogP contribution in [-0.4, -0.2) is 16.0 Å². The molecule has 1 unspecified atom stereocenters. The molecule has 19 heavy (non-hydrogen) atoms. The molecule has 0 fully saturated rings. The van der Waals surface area contributed by atoms with E-state index in [2.05, 4.69) is 9.97 Å². The van der Waals surface area contributed by atoms with Crippen molar-refractivity contribution >= 4 is 0 Å². The third-order valence-corrected chi connectivity index (χ3v) is 2.98. The van der Waals surface area contributed by atoms with Gasteiger partial charge in [0.2, 0.25) is 0 Å². The van der Waals surface area contributed by atoms with Crippen molar-refractivity contribution in [1.29, 1.82) is 0 Å². The summed E-state index contributed by atoms with van der Waals surface area (Å²) in [5.41, 5.74) is 8.07. The smallest absolute Gasteiger partial charge is 0.129 e. The standard InChI is InChI=1S/C15H18FN3/c1-10-9-12(4-5-13(10)16)14-7-8-18-15(19-14)6-3-11(2)17/h4-5,7-9,11H,3,6,17H2,1-2H3. The van der Waals surface area contributed by atoms with Crippen molar-refractivity contribution in [3.05, 3.63) is 47.7 Å². The summed E-state index contributed by atoms with van der Waals surface area (Å²) in [6.07, 6.45) is 3.34. The average molecular weight is 259 g/mol. The van der Waals surface area contributed by atoms with Gasteiger partial charge in [-0.05, 0) is 50.1 Å². The molecule has 0 aliphatic carbocycles. The van der Waals surface area contributed by atoms with Gasteiger partial charge in [0.25, 0.3) is 0 Å². The maximum absolute atomic E-state index is 13.3. The zero-order valence-corrected chi connectivity index (χ0v) is 11.2. The molecule has 1 heterocycles. The van der Waals surface area contributed by atoms with Gasteiger partial charge in [0.05, 0.1) is 5.69 Å². The molecule has 1 aromatic heterocycles. The van der Waals surface area contributed by atoms with E-state index in [1.807, 2.05) is 13.0 Å². The third-order valence-electron chi connectivity index (χ3n) is 2.98. The molecule has 2 N–H and O–H groups in total. The SMILES string of the molecule is Cc1cc(-c2ccnc(CCC(C)N)n2)ccc1F. The largest absolute Gasteiger partial charge is 0.328 e. The first-order valence-electron chi connectivity index (χ1n) is 6.40. The summed E-state index contributed by atoms with van der Waals surface area (Å²) < 4.78 is 13.3. The number of rotatable bonds is 4. The molecule has 2 rings (SSSR count). The molecule has 1 atom stereocenters. The average Bonchev–Trinajstić information content (AvgIpc) is 2.40. The summed E-state index contributed by atoms with van der Waals surface area (Å²) in [7, 11) is 0. The Hall–Kier alpha value is -1.81. The van der Waals surface area contributed by atoms with Crippen LogP contribution in [0, 0.1) is 12.7 Å². The maximum atomic E-state index is 13.3. The van der Waals surface area contributed by atoms with Crippen LogP contribution in [-0.2, 0) is 6.42 Å². The van der Waals surface area contributed by atoms with Crippen LogP contribution in [0.4, 0.5) is 4.39 Å². The molecule has 100 valence electrons. The van der Waals surface area contributed by atoms with E-state index in [4.69, 9.17) is 5.73 Å². The highest BCUT2D eigenvalue weighted by Crippen LogP contribution is 2.19. The van der Waals surface area contributed by atoms with Crippen molar-refractivity contribution in [2.75, 3.05) is 0 Å². The van der Waals surface area contributed by atoms with Gasteiger partial charge in [-0.15, -0.1) is 0 Å². The number of aromatic nitrogens is 2. The number of hydrogen-bond acceptors (Lipinski definition) is 3. The van der Waals surface area contributed by atoms with Gasteiger partial charge >= 0.3 is 0 Å². The Balaban J connectivity index is 2.24. The normalized spacial score (nSPS) is 12.4. The molecule has 4 heteroatoms. The van der Waals surface area contributed by atoms with E-state index in [1.165, 1.54) is 6.07 Å². The highest BCUT2D eigenvalue weighted by atomic mass is 19.1. The summed E-state index contributed by atoms with van der Waals surface area (Å²) in [5.74, 6) is 0.576. The minimum Gasteiger partial charge on any atom is -0.328 e. The quantitative estimate of drug-likeness (QED) is 0.918. The molecule has 2 aromatic rings. The predicted octanol–water partition coefficient (Wildman–Crippen LogP) is 2.87. The minimum atomic E-state index is -0.199. The topological polar surface area (TPSA) is 51.8 Å². The zero-order valence-electron chi connectivity index (χ0n) is 11.2. The Morgan fingerprint density at radius 2 is 2.11 bits per heavy atom. The number of hydrogen-bond donors (Lipinski definition) is 1. The number of nitrogens with two attached hydrogens (primary N) is 1. The van der Waals surface area contributed by atoms with Crippen molar-refractivity contribution in [3.63, 3.8) is 0 Å². The lowest BCUT2D eigenvalue weighted by molar-refractivity contribution is 0.618. The number of nitrogens with zero attached hydrogens (tertiary/aromatic N) is 2. The van der Waals surface area contributed by atoms with Crippen LogP contribution in [0.2, 0.25) is 0 Å². The lowest BCUT2D eigenvalue weighted by Gasteiger charge is -2.07. The van der Waals surface area contributed by atoms with Gasteiger partial charge in [-0.3, -0.25) is 0 Å². The zero-order chi connectivity index (χ0) is 13.8. The maximum Gasteiger partial charge on any atom is 0.129 e. The van der Waals surface area contributed by atoms with Crippen LogP contribution in [0.3, 0.4) is 0 Å². The van der Waals surface area contributed by atoms with Gasteiger partial charge in [-0.1, -0.05) is 0 Å². The van der Waals surface area contributed by atoms with Crippen LogP contribution in [0.15, 0.2) is 30.5 Å². The number of aryl methyl sites for hydroxylation is 2. The van der Waals surface area contributed by atoms with Crippen LogP contribution in [0.5, 0.6) is 0 Å². The van der Waals surface area contributed by atoms with Gasteiger partial charge in [-0.25, -0.2) is 14.4 Å². The fraction of sp³-hybridized carbons (Fsp3) is 0.333. The minimum absolute atomic E-state index is 0.139. The molecule has 0 aliphatic rings. The molecule has 0 amide bonds. The first-order chi connectivity index (χ1) is 9.06. The Morgan fingerprint density at radius 1 is 1.32 bits per heavy atom. The van der Waals surface area contributed by atoms with Crippen molar-refractivity contribution < 1.29 is 4.39 Å². The summed E-state index contributed by atoms with van der Waals surface area (Å²) >= 11 is 0. The van der Waals surface area contributed by atoms with Crippen LogP contribution >= 0.6 is 0 Å². The summed E-state index contributed by atoms with van der Waals surface area (Å²) in [6, 6.07) is 6.98. The highest BCUT2D eigenvalue weighted by molar-refractivity contribution is 5.59. The molecular weight excluding hydrogens is 241 g/mol. The third kappa shape index (κ3) is 3.58. The van der Waals surface area contributed by atoms with Gasteiger partial charge in [-0.2, -0.15) is 0 Å². The molecule has 0 radical (unpaired) electrons. The van der Waals surface area contributed by atoms with Gasteiger partial charge in [0.1, 0.15) is 11.6 Å². The van der Waals surface area contributed by atoms with Crippen molar-refractivity contribution in [2.24, 2.45) is 5.73 Å². The van der Waals surface area contributed by atoms with Crippen molar-refractivity contribution in [1.82, 2.24) is 9.97 Å². The Labute approximate surface area is 112 Å². The monoisotopic (exact) mass is 259 g/mol. The molecule has 0 bridgehead atoms. The second-order valence-corrected chi connectivity index (χ2v) is 4.84. The summed E-state index contributed by atoms with van der Waals surface area (Å²) in [4.78, 5) is 8.73. The molecule has 1 aromatic carbocycles. The van der Waals surface area contributed by atoms with E-state index >= 15 is 0 Å². The van der Waals surface area contributed by atoms with Gasteiger partial charge in [0.15, 0.2) is 0 Å². The fourth-order valence-electron chi connectivity index (χ4n) is 1.84. The van der Waals surface area contributed by atoms with E-state index in [0.29, 0.717) is 5.56 Å². The Kier molecular flexibility index (Phi) is 4.22. The van der Waals surface area contributed by atoms with E-state index in [9.17, 15) is 4.39 Å². The second kappa shape index (κ2) is 5.89. The summed E-state index contributed by atoms with van der Waals surface area (Å²) in [6.45, 7) is 3.71. The van der Waals surface area contributed by atoms with Gasteiger partial charge < -0.3 is 5.73 Å². The Morgan fingerprint density at radius 3 is 2.79 bits per heavy atom. The van der Waals surface area contributed by atoms with Crippen molar-refractivity contribution in [3.8, 4) is 11.3 Å². The number of benzene rings is 1. The first kappa shape index (κ1) is 13.6. The van der Waals surface area contributed by atoms with E-state index < -0.39 is 0 Å². The first-order valence-corrected chi connectivity index (χ1v) is 6.40. The fourth-order valence-corrected chi connectivity index (χ4v) is 1.84. The predicted molar refractivity (Wildman–Crippen MR) is 74.1 cm³/mol. The summed E-state index contributed by atoms with van der Waals surface area (Å²) in [5, 5.41) is 0.